The van der Waals surface area contributed by atoms with Crippen LogP contribution >= 0.6 is 0 Å². The summed E-state index contributed by atoms with van der Waals surface area (Å²) in [6.45, 7) is 8.82. The van der Waals surface area contributed by atoms with E-state index in [4.69, 9.17) is 4.74 Å². The van der Waals surface area contributed by atoms with E-state index in [1.807, 2.05) is 14.0 Å². The first kappa shape index (κ1) is 15.8. The van der Waals surface area contributed by atoms with Crippen molar-refractivity contribution in [3.05, 3.63) is 0 Å². The van der Waals surface area contributed by atoms with E-state index in [9.17, 15) is 4.79 Å². The summed E-state index contributed by atoms with van der Waals surface area (Å²) in [5.41, 5.74) is -0.499. The van der Waals surface area contributed by atoms with E-state index in [1.54, 1.807) is 0 Å². The highest BCUT2D eigenvalue weighted by Gasteiger charge is 2.52. The quantitative estimate of drug-likeness (QED) is 0.757. The lowest BCUT2D eigenvalue weighted by Crippen LogP contribution is -2.62. The largest absolute Gasteiger partial charge is 0.465 e. The van der Waals surface area contributed by atoms with E-state index in [1.165, 1.54) is 12.8 Å². The van der Waals surface area contributed by atoms with E-state index in [0.29, 0.717) is 18.6 Å². The number of piperidine rings is 1. The minimum Gasteiger partial charge on any atom is -0.465 e. The second kappa shape index (κ2) is 6.44. The SMILES string of the molecule is CCOC(=O)C(CN1CC(C)CCC1C)(NC)C1CC1. The van der Waals surface area contributed by atoms with Crippen molar-refractivity contribution in [2.24, 2.45) is 11.8 Å². The van der Waals surface area contributed by atoms with Gasteiger partial charge in [-0.1, -0.05) is 6.92 Å². The normalized spacial score (nSPS) is 30.8. The first-order valence-electron chi connectivity index (χ1n) is 8.13. The fourth-order valence-electron chi connectivity index (χ4n) is 3.50. The molecule has 2 aliphatic rings. The maximum Gasteiger partial charge on any atom is 0.327 e. The lowest BCUT2D eigenvalue weighted by molar-refractivity contribution is -0.153. The topological polar surface area (TPSA) is 41.6 Å². The number of hydrogen-bond donors (Lipinski definition) is 1. The molecule has 1 heterocycles. The fourth-order valence-corrected chi connectivity index (χ4v) is 3.50. The van der Waals surface area contributed by atoms with Gasteiger partial charge in [-0.05, 0) is 58.4 Å². The molecular weight excluding hydrogens is 252 g/mol. The molecule has 1 saturated carbocycles. The van der Waals surface area contributed by atoms with Gasteiger partial charge in [0.2, 0.25) is 0 Å². The molecule has 1 N–H and O–H groups in total. The molecule has 2 fully saturated rings. The molecule has 0 aromatic rings. The number of nitrogens with one attached hydrogen (secondary N) is 1. The molecule has 0 amide bonds. The number of carbonyl (C=O) groups excluding carboxylic acids is 1. The van der Waals surface area contributed by atoms with Gasteiger partial charge in [-0.2, -0.15) is 0 Å². The summed E-state index contributed by atoms with van der Waals surface area (Å²) in [6.07, 6.45) is 4.80. The fraction of sp³-hybridized carbons (Fsp3) is 0.938. The Morgan fingerprint density at radius 3 is 2.55 bits per heavy atom. The molecule has 2 rings (SSSR count). The Hall–Kier alpha value is -0.610. The summed E-state index contributed by atoms with van der Waals surface area (Å²) in [7, 11) is 1.91. The molecule has 0 bridgehead atoms. The number of hydrogen-bond acceptors (Lipinski definition) is 4. The molecule has 0 spiro atoms. The summed E-state index contributed by atoms with van der Waals surface area (Å²) < 4.78 is 5.38. The third-order valence-electron chi connectivity index (χ3n) is 5.06. The minimum absolute atomic E-state index is 0.0598. The molecule has 20 heavy (non-hydrogen) atoms. The molecule has 3 atom stereocenters. The maximum absolute atomic E-state index is 12.5. The van der Waals surface area contributed by atoms with Gasteiger partial charge in [-0.25, -0.2) is 4.79 Å². The van der Waals surface area contributed by atoms with Crippen LogP contribution in [0.2, 0.25) is 0 Å². The molecule has 4 nitrogen and oxygen atoms in total. The number of nitrogens with zero attached hydrogens (tertiary/aromatic N) is 1. The third kappa shape index (κ3) is 3.17. The van der Waals surface area contributed by atoms with Gasteiger partial charge in [-0.15, -0.1) is 0 Å². The highest BCUT2D eigenvalue weighted by molar-refractivity contribution is 5.82. The second-order valence-corrected chi connectivity index (χ2v) is 6.68. The highest BCUT2D eigenvalue weighted by Crippen LogP contribution is 2.41. The van der Waals surface area contributed by atoms with E-state index in [0.717, 1.165) is 31.8 Å². The number of carbonyl (C=O) groups is 1. The molecule has 0 aromatic heterocycles. The van der Waals surface area contributed by atoms with Crippen molar-refractivity contribution in [2.75, 3.05) is 26.7 Å². The zero-order valence-corrected chi connectivity index (χ0v) is 13.4. The Balaban J connectivity index is 2.12. The van der Waals surface area contributed by atoms with Gasteiger partial charge in [0, 0.05) is 19.1 Å². The van der Waals surface area contributed by atoms with Crippen LogP contribution in [0.25, 0.3) is 0 Å². The van der Waals surface area contributed by atoms with E-state index in [-0.39, 0.29) is 5.97 Å². The van der Waals surface area contributed by atoms with Crippen LogP contribution in [0, 0.1) is 11.8 Å². The Morgan fingerprint density at radius 1 is 1.30 bits per heavy atom. The smallest absolute Gasteiger partial charge is 0.327 e. The maximum atomic E-state index is 12.5. The van der Waals surface area contributed by atoms with Crippen LogP contribution in [0.5, 0.6) is 0 Å². The molecule has 0 aromatic carbocycles. The van der Waals surface area contributed by atoms with E-state index >= 15 is 0 Å². The van der Waals surface area contributed by atoms with Gasteiger partial charge in [0.05, 0.1) is 6.61 Å². The molecule has 116 valence electrons. The number of likely N-dealkylation sites (N-methyl/N-ethyl adjacent to an activating group) is 1. The lowest BCUT2D eigenvalue weighted by atomic mass is 9.88. The van der Waals surface area contributed by atoms with Gasteiger partial charge in [-0.3, -0.25) is 4.90 Å². The monoisotopic (exact) mass is 282 g/mol. The molecule has 0 radical (unpaired) electrons. The molecule has 1 saturated heterocycles. The van der Waals surface area contributed by atoms with Gasteiger partial charge in [0.15, 0.2) is 0 Å². The van der Waals surface area contributed by atoms with Crippen LogP contribution in [-0.4, -0.2) is 49.2 Å². The number of ether oxygens (including phenoxy) is 1. The summed E-state index contributed by atoms with van der Waals surface area (Å²) in [5, 5.41) is 3.33. The van der Waals surface area contributed by atoms with Crippen molar-refractivity contribution < 1.29 is 9.53 Å². The Labute approximate surface area is 123 Å². The standard InChI is InChI=1S/C16H30N2O2/c1-5-20-15(19)16(17-4,14-8-9-14)11-18-10-12(2)6-7-13(18)3/h12-14,17H,5-11H2,1-4H3. The van der Waals surface area contributed by atoms with Crippen molar-refractivity contribution in [2.45, 2.75) is 58.0 Å². The molecule has 3 unspecified atom stereocenters. The second-order valence-electron chi connectivity index (χ2n) is 6.68. The van der Waals surface area contributed by atoms with Crippen molar-refractivity contribution in [3.8, 4) is 0 Å². The van der Waals surface area contributed by atoms with E-state index < -0.39 is 5.54 Å². The first-order chi connectivity index (χ1) is 9.53. The van der Waals surface area contributed by atoms with Crippen LogP contribution in [-0.2, 0) is 9.53 Å². The summed E-state index contributed by atoms with van der Waals surface area (Å²) in [6, 6.07) is 0.562. The summed E-state index contributed by atoms with van der Waals surface area (Å²) in [4.78, 5) is 15.0. The number of esters is 1. The molecular formula is C16H30N2O2. The predicted molar refractivity (Wildman–Crippen MR) is 80.6 cm³/mol. The van der Waals surface area contributed by atoms with Crippen LogP contribution < -0.4 is 5.32 Å². The zero-order chi connectivity index (χ0) is 14.8. The van der Waals surface area contributed by atoms with Crippen molar-refractivity contribution in [3.63, 3.8) is 0 Å². The van der Waals surface area contributed by atoms with Gasteiger partial charge in [0.1, 0.15) is 5.54 Å². The minimum atomic E-state index is -0.499. The lowest BCUT2D eigenvalue weighted by Gasteiger charge is -2.43. The summed E-state index contributed by atoms with van der Waals surface area (Å²) >= 11 is 0. The number of rotatable bonds is 6. The van der Waals surface area contributed by atoms with Crippen molar-refractivity contribution >= 4 is 5.97 Å². The number of likely N-dealkylation sites (tertiary alicyclic amines) is 1. The van der Waals surface area contributed by atoms with Crippen molar-refractivity contribution in [1.82, 2.24) is 10.2 Å². The van der Waals surface area contributed by atoms with Crippen LogP contribution in [0.15, 0.2) is 0 Å². The summed E-state index contributed by atoms with van der Waals surface area (Å²) in [5.74, 6) is 1.11. The Kier molecular flexibility index (Phi) is 5.08. The van der Waals surface area contributed by atoms with Crippen LogP contribution in [0.3, 0.4) is 0 Å². The Morgan fingerprint density at radius 2 is 2.00 bits per heavy atom. The predicted octanol–water partition coefficient (Wildman–Crippen LogP) is 2.04. The van der Waals surface area contributed by atoms with Crippen LogP contribution in [0.4, 0.5) is 0 Å². The van der Waals surface area contributed by atoms with Crippen LogP contribution in [0.1, 0.15) is 46.5 Å². The molecule has 1 aliphatic heterocycles. The van der Waals surface area contributed by atoms with Gasteiger partial charge >= 0.3 is 5.97 Å². The average molecular weight is 282 g/mol. The zero-order valence-electron chi connectivity index (χ0n) is 13.4. The highest BCUT2D eigenvalue weighted by atomic mass is 16.5. The van der Waals surface area contributed by atoms with Crippen molar-refractivity contribution in [1.29, 1.82) is 0 Å². The first-order valence-corrected chi connectivity index (χ1v) is 8.13. The third-order valence-corrected chi connectivity index (χ3v) is 5.06. The average Bonchev–Trinajstić information content (AvgIpc) is 3.25. The van der Waals surface area contributed by atoms with Gasteiger partial charge < -0.3 is 10.1 Å². The molecule has 4 heteroatoms. The van der Waals surface area contributed by atoms with E-state index in [2.05, 4.69) is 24.1 Å². The van der Waals surface area contributed by atoms with Gasteiger partial charge in [0.25, 0.3) is 0 Å². The Bertz CT molecular complexity index is 343. The molecule has 1 aliphatic carbocycles.